The maximum absolute atomic E-state index is 12.0. The summed E-state index contributed by atoms with van der Waals surface area (Å²) in [6, 6.07) is 5.06. The first-order valence-electron chi connectivity index (χ1n) is 6.26. The Morgan fingerprint density at radius 1 is 1.25 bits per heavy atom. The molecule has 2 rings (SSSR count). The van der Waals surface area contributed by atoms with Crippen molar-refractivity contribution < 1.29 is 10.2 Å². The van der Waals surface area contributed by atoms with Crippen molar-refractivity contribution in [1.29, 1.82) is 0 Å². The molecule has 0 saturated carbocycles. The molecule has 2 aromatic rings. The Morgan fingerprint density at radius 3 is 2.60 bits per heavy atom. The summed E-state index contributed by atoms with van der Waals surface area (Å²) in [5.41, 5.74) is 1.04. The van der Waals surface area contributed by atoms with Gasteiger partial charge in [-0.25, -0.2) is 4.98 Å². The third-order valence-corrected chi connectivity index (χ3v) is 3.36. The van der Waals surface area contributed by atoms with Crippen molar-refractivity contribution in [2.75, 3.05) is 26.3 Å². The summed E-state index contributed by atoms with van der Waals surface area (Å²) < 4.78 is 2.28. The molecular weight excluding hydrogens is 326 g/mol. The van der Waals surface area contributed by atoms with Crippen LogP contribution in [-0.2, 0) is 6.54 Å². The van der Waals surface area contributed by atoms with Crippen LogP contribution in [0.2, 0.25) is 0 Å². The monoisotopic (exact) mass is 341 g/mol. The molecule has 0 bridgehead atoms. The number of fused-ring (bicyclic) bond motifs is 1. The van der Waals surface area contributed by atoms with Gasteiger partial charge in [-0.15, -0.1) is 0 Å². The van der Waals surface area contributed by atoms with Gasteiger partial charge in [-0.2, -0.15) is 0 Å². The van der Waals surface area contributed by atoms with E-state index in [0.29, 0.717) is 31.0 Å². The first-order chi connectivity index (χ1) is 9.63. The highest BCUT2D eigenvalue weighted by atomic mass is 79.9. The molecule has 0 aliphatic rings. The standard InChI is InChI=1S/C13H16BrN3O3/c14-10-1-2-12-15-11(7-13(20)17(12)8-10)9-16(3-5-18)4-6-19/h1-2,7-8,18-19H,3-6,9H2. The van der Waals surface area contributed by atoms with Crippen LogP contribution < -0.4 is 5.56 Å². The van der Waals surface area contributed by atoms with Gasteiger partial charge >= 0.3 is 0 Å². The highest BCUT2D eigenvalue weighted by molar-refractivity contribution is 9.10. The number of halogens is 1. The maximum atomic E-state index is 12.0. The van der Waals surface area contributed by atoms with Crippen molar-refractivity contribution in [1.82, 2.24) is 14.3 Å². The molecule has 20 heavy (non-hydrogen) atoms. The number of pyridine rings is 1. The molecule has 2 aromatic heterocycles. The third kappa shape index (κ3) is 3.63. The Balaban J connectivity index is 2.31. The van der Waals surface area contributed by atoms with Crippen molar-refractivity contribution in [2.45, 2.75) is 6.54 Å². The zero-order valence-electron chi connectivity index (χ0n) is 10.9. The van der Waals surface area contributed by atoms with Gasteiger partial charge in [-0.05, 0) is 28.1 Å². The minimum absolute atomic E-state index is 0.000486. The number of hydrogen-bond acceptors (Lipinski definition) is 5. The van der Waals surface area contributed by atoms with Gasteiger partial charge in [0.15, 0.2) is 0 Å². The van der Waals surface area contributed by atoms with E-state index >= 15 is 0 Å². The Hall–Kier alpha value is -1.28. The van der Waals surface area contributed by atoms with Crippen LogP contribution in [0.25, 0.3) is 5.65 Å². The number of nitrogens with zero attached hydrogens (tertiary/aromatic N) is 3. The average molecular weight is 342 g/mol. The van der Waals surface area contributed by atoms with Crippen molar-refractivity contribution in [3.8, 4) is 0 Å². The fourth-order valence-corrected chi connectivity index (χ4v) is 2.33. The number of hydrogen-bond donors (Lipinski definition) is 2. The lowest BCUT2D eigenvalue weighted by atomic mass is 10.3. The largest absolute Gasteiger partial charge is 0.395 e. The Kier molecular flexibility index (Phi) is 5.24. The van der Waals surface area contributed by atoms with E-state index < -0.39 is 0 Å². The second-order valence-corrected chi connectivity index (χ2v) is 5.30. The fourth-order valence-electron chi connectivity index (χ4n) is 1.99. The minimum atomic E-state index is -0.153. The molecule has 0 spiro atoms. The smallest absolute Gasteiger partial charge is 0.258 e. The highest BCUT2D eigenvalue weighted by Gasteiger charge is 2.08. The quantitative estimate of drug-likeness (QED) is 0.787. The van der Waals surface area contributed by atoms with E-state index in [1.807, 2.05) is 11.0 Å². The number of aliphatic hydroxyl groups excluding tert-OH is 2. The maximum Gasteiger partial charge on any atom is 0.258 e. The molecule has 0 aliphatic carbocycles. The Labute approximate surface area is 124 Å². The molecule has 0 aromatic carbocycles. The summed E-state index contributed by atoms with van der Waals surface area (Å²) in [4.78, 5) is 18.3. The van der Waals surface area contributed by atoms with Gasteiger partial charge in [0, 0.05) is 36.4 Å². The molecule has 0 fully saturated rings. The molecule has 0 amide bonds. The lowest BCUT2D eigenvalue weighted by molar-refractivity contribution is 0.154. The zero-order valence-corrected chi connectivity index (χ0v) is 12.5. The molecular formula is C13H16BrN3O3. The molecule has 0 atom stereocenters. The normalized spacial score (nSPS) is 11.4. The predicted octanol–water partition coefficient (Wildman–Crippen LogP) is 0.244. The van der Waals surface area contributed by atoms with Crippen LogP contribution in [0.4, 0.5) is 0 Å². The van der Waals surface area contributed by atoms with Crippen molar-refractivity contribution in [2.24, 2.45) is 0 Å². The van der Waals surface area contributed by atoms with Gasteiger partial charge in [0.2, 0.25) is 0 Å². The Bertz CT molecular complexity index is 638. The molecule has 0 saturated heterocycles. The van der Waals surface area contributed by atoms with E-state index in [1.54, 1.807) is 12.3 Å². The van der Waals surface area contributed by atoms with Crippen LogP contribution >= 0.6 is 15.9 Å². The summed E-state index contributed by atoms with van der Waals surface area (Å²) in [6.07, 6.45) is 1.67. The fraction of sp³-hybridized carbons (Fsp3) is 0.385. The van der Waals surface area contributed by atoms with Crippen LogP contribution in [0.3, 0.4) is 0 Å². The van der Waals surface area contributed by atoms with Gasteiger partial charge in [-0.3, -0.25) is 14.1 Å². The summed E-state index contributed by atoms with van der Waals surface area (Å²) in [5.74, 6) is 0. The van der Waals surface area contributed by atoms with Crippen molar-refractivity contribution >= 4 is 21.6 Å². The molecule has 6 nitrogen and oxygen atoms in total. The number of aliphatic hydroxyl groups is 2. The van der Waals surface area contributed by atoms with Crippen molar-refractivity contribution in [3.05, 3.63) is 44.9 Å². The molecule has 2 heterocycles. The second kappa shape index (κ2) is 6.94. The van der Waals surface area contributed by atoms with E-state index in [9.17, 15) is 4.79 Å². The second-order valence-electron chi connectivity index (χ2n) is 4.38. The number of aromatic nitrogens is 2. The van der Waals surface area contributed by atoms with E-state index in [0.717, 1.165) is 4.47 Å². The molecule has 0 radical (unpaired) electrons. The van der Waals surface area contributed by atoms with E-state index in [2.05, 4.69) is 20.9 Å². The highest BCUT2D eigenvalue weighted by Crippen LogP contribution is 2.10. The summed E-state index contributed by atoms with van der Waals surface area (Å²) in [5, 5.41) is 18.0. The van der Waals surface area contributed by atoms with E-state index in [1.165, 1.54) is 10.5 Å². The molecule has 2 N–H and O–H groups in total. The van der Waals surface area contributed by atoms with Gasteiger partial charge in [0.05, 0.1) is 18.9 Å². The van der Waals surface area contributed by atoms with E-state index in [4.69, 9.17) is 10.2 Å². The van der Waals surface area contributed by atoms with Gasteiger partial charge in [-0.1, -0.05) is 0 Å². The van der Waals surface area contributed by atoms with Crippen LogP contribution in [0.1, 0.15) is 5.69 Å². The zero-order chi connectivity index (χ0) is 14.5. The molecule has 0 unspecified atom stereocenters. The van der Waals surface area contributed by atoms with Crippen molar-refractivity contribution in [3.63, 3.8) is 0 Å². The summed E-state index contributed by atoms with van der Waals surface area (Å²) >= 11 is 3.32. The lowest BCUT2D eigenvalue weighted by Crippen LogP contribution is -2.30. The van der Waals surface area contributed by atoms with E-state index in [-0.39, 0.29) is 18.8 Å². The minimum Gasteiger partial charge on any atom is -0.395 e. The average Bonchev–Trinajstić information content (AvgIpc) is 2.40. The predicted molar refractivity (Wildman–Crippen MR) is 78.6 cm³/mol. The van der Waals surface area contributed by atoms with Gasteiger partial charge in [0.25, 0.3) is 5.56 Å². The summed E-state index contributed by atoms with van der Waals surface area (Å²) in [6.45, 7) is 1.28. The third-order valence-electron chi connectivity index (χ3n) is 2.89. The summed E-state index contributed by atoms with van der Waals surface area (Å²) in [7, 11) is 0. The number of rotatable bonds is 6. The van der Waals surface area contributed by atoms with Crippen LogP contribution in [0.5, 0.6) is 0 Å². The molecule has 0 aliphatic heterocycles. The topological polar surface area (TPSA) is 78.1 Å². The molecule has 108 valence electrons. The van der Waals surface area contributed by atoms with Gasteiger partial charge in [0.1, 0.15) is 5.65 Å². The SMILES string of the molecule is O=c1cc(CN(CCO)CCO)nc2ccc(Br)cn12. The molecule has 7 heteroatoms. The van der Waals surface area contributed by atoms with Crippen LogP contribution in [-0.4, -0.2) is 50.8 Å². The van der Waals surface area contributed by atoms with Crippen LogP contribution in [0.15, 0.2) is 33.7 Å². The Morgan fingerprint density at radius 2 is 1.95 bits per heavy atom. The lowest BCUT2D eigenvalue weighted by Gasteiger charge is -2.19. The first kappa shape index (κ1) is 15.1. The van der Waals surface area contributed by atoms with Gasteiger partial charge < -0.3 is 10.2 Å². The first-order valence-corrected chi connectivity index (χ1v) is 7.05. The van der Waals surface area contributed by atoms with Crippen LogP contribution in [0, 0.1) is 0 Å².